The van der Waals surface area contributed by atoms with Crippen molar-refractivity contribution in [2.45, 2.75) is 6.92 Å². The number of nitrogens with one attached hydrogen (secondary N) is 1. The Hall–Kier alpha value is -1.43. The summed E-state index contributed by atoms with van der Waals surface area (Å²) in [6.07, 6.45) is 0. The van der Waals surface area contributed by atoms with Crippen LogP contribution in [0.2, 0.25) is 0 Å². The third kappa shape index (κ3) is 3.53. The van der Waals surface area contributed by atoms with Crippen LogP contribution in [0.1, 0.15) is 17.3 Å². The highest BCUT2D eigenvalue weighted by molar-refractivity contribution is 9.10. The van der Waals surface area contributed by atoms with Gasteiger partial charge in [-0.3, -0.25) is 9.59 Å². The number of rotatable bonds is 4. The van der Waals surface area contributed by atoms with Gasteiger partial charge in [0.15, 0.2) is 0 Å². The van der Waals surface area contributed by atoms with Gasteiger partial charge >= 0.3 is 0 Å². The Morgan fingerprint density at radius 3 is 2.72 bits per heavy atom. The number of carbonyl (C=O) groups is 2. The Morgan fingerprint density at radius 1 is 1.44 bits per heavy atom. The first-order valence-corrected chi connectivity index (χ1v) is 6.22. The molecule has 1 aromatic carbocycles. The zero-order chi connectivity index (χ0) is 13.7. The van der Waals surface area contributed by atoms with Crippen LogP contribution >= 0.6 is 15.9 Å². The first kappa shape index (κ1) is 14.6. The molecular formula is C12H14BrFN2O2. The molecule has 1 rings (SSSR count). The van der Waals surface area contributed by atoms with Crippen LogP contribution in [-0.4, -0.2) is 36.9 Å². The Labute approximate surface area is 113 Å². The molecule has 0 aliphatic heterocycles. The van der Waals surface area contributed by atoms with E-state index in [1.807, 2.05) is 6.92 Å². The minimum atomic E-state index is -0.514. The summed E-state index contributed by atoms with van der Waals surface area (Å²) in [5.74, 6) is -1.20. The van der Waals surface area contributed by atoms with E-state index in [1.165, 1.54) is 23.1 Å². The van der Waals surface area contributed by atoms with E-state index in [0.717, 1.165) is 0 Å². The maximum atomic E-state index is 13.2. The number of hydrogen-bond acceptors (Lipinski definition) is 2. The SMILES string of the molecule is CCN(C)C(=O)CNC(=O)c1cccc(F)c1Br. The largest absolute Gasteiger partial charge is 0.345 e. The molecule has 0 spiro atoms. The van der Waals surface area contributed by atoms with Crippen LogP contribution in [0.3, 0.4) is 0 Å². The minimum Gasteiger partial charge on any atom is -0.345 e. The van der Waals surface area contributed by atoms with E-state index < -0.39 is 11.7 Å². The summed E-state index contributed by atoms with van der Waals surface area (Å²) in [6, 6.07) is 4.17. The molecule has 98 valence electrons. The fourth-order valence-corrected chi connectivity index (χ4v) is 1.69. The second kappa shape index (κ2) is 6.49. The van der Waals surface area contributed by atoms with Crippen molar-refractivity contribution in [3.63, 3.8) is 0 Å². The molecule has 0 bridgehead atoms. The standard InChI is InChI=1S/C12H14BrFN2O2/c1-3-16(2)10(17)7-15-12(18)8-5-4-6-9(14)11(8)13/h4-6H,3,7H2,1-2H3,(H,15,18). The number of likely N-dealkylation sites (N-methyl/N-ethyl adjacent to an activating group) is 1. The van der Waals surface area contributed by atoms with Gasteiger partial charge in [0.1, 0.15) is 5.82 Å². The van der Waals surface area contributed by atoms with Gasteiger partial charge in [0.25, 0.3) is 5.91 Å². The number of amides is 2. The first-order chi connectivity index (χ1) is 8.47. The summed E-state index contributed by atoms with van der Waals surface area (Å²) >= 11 is 3.00. The van der Waals surface area contributed by atoms with Crippen molar-refractivity contribution < 1.29 is 14.0 Å². The molecule has 0 saturated carbocycles. The molecule has 0 atom stereocenters. The van der Waals surface area contributed by atoms with E-state index in [1.54, 1.807) is 7.05 Å². The monoisotopic (exact) mass is 316 g/mol. The van der Waals surface area contributed by atoms with Gasteiger partial charge in [-0.2, -0.15) is 0 Å². The third-order valence-electron chi connectivity index (χ3n) is 2.50. The normalized spacial score (nSPS) is 10.0. The van der Waals surface area contributed by atoms with Gasteiger partial charge in [-0.1, -0.05) is 6.07 Å². The average Bonchev–Trinajstić information content (AvgIpc) is 2.37. The van der Waals surface area contributed by atoms with Crippen LogP contribution in [0.5, 0.6) is 0 Å². The maximum Gasteiger partial charge on any atom is 0.252 e. The third-order valence-corrected chi connectivity index (χ3v) is 3.30. The number of carbonyl (C=O) groups excluding carboxylic acids is 2. The van der Waals surface area contributed by atoms with Gasteiger partial charge < -0.3 is 10.2 Å². The van der Waals surface area contributed by atoms with Crippen LogP contribution in [0.4, 0.5) is 4.39 Å². The quantitative estimate of drug-likeness (QED) is 0.920. The Morgan fingerprint density at radius 2 is 2.11 bits per heavy atom. The van der Waals surface area contributed by atoms with Gasteiger partial charge in [-0.15, -0.1) is 0 Å². The van der Waals surface area contributed by atoms with Gasteiger partial charge in [-0.25, -0.2) is 4.39 Å². The van der Waals surface area contributed by atoms with Crippen molar-refractivity contribution in [2.24, 2.45) is 0 Å². The van der Waals surface area contributed by atoms with E-state index in [9.17, 15) is 14.0 Å². The van der Waals surface area contributed by atoms with Crippen LogP contribution in [0.15, 0.2) is 22.7 Å². The number of benzene rings is 1. The van der Waals surface area contributed by atoms with Crippen LogP contribution in [-0.2, 0) is 4.79 Å². The molecular weight excluding hydrogens is 303 g/mol. The van der Waals surface area contributed by atoms with Gasteiger partial charge in [0.2, 0.25) is 5.91 Å². The number of nitrogens with zero attached hydrogens (tertiary/aromatic N) is 1. The van der Waals surface area contributed by atoms with E-state index in [2.05, 4.69) is 21.2 Å². The lowest BCUT2D eigenvalue weighted by atomic mass is 10.2. The van der Waals surface area contributed by atoms with Crippen molar-refractivity contribution in [3.05, 3.63) is 34.1 Å². The topological polar surface area (TPSA) is 49.4 Å². The highest BCUT2D eigenvalue weighted by Gasteiger charge is 2.14. The van der Waals surface area contributed by atoms with Crippen LogP contribution < -0.4 is 5.32 Å². The van der Waals surface area contributed by atoms with Gasteiger partial charge in [-0.05, 0) is 35.0 Å². The second-order valence-corrected chi connectivity index (χ2v) is 4.48. The van der Waals surface area contributed by atoms with Crippen molar-refractivity contribution in [1.29, 1.82) is 0 Å². The molecule has 0 saturated heterocycles. The average molecular weight is 317 g/mol. The predicted molar refractivity (Wildman–Crippen MR) is 69.7 cm³/mol. The number of halogens is 2. The molecule has 6 heteroatoms. The second-order valence-electron chi connectivity index (χ2n) is 3.69. The minimum absolute atomic E-state index is 0.0961. The maximum absolute atomic E-state index is 13.2. The van der Waals surface area contributed by atoms with Crippen molar-refractivity contribution in [2.75, 3.05) is 20.1 Å². The Bertz CT molecular complexity index is 465. The van der Waals surface area contributed by atoms with E-state index in [0.29, 0.717) is 6.54 Å². The lowest BCUT2D eigenvalue weighted by Crippen LogP contribution is -2.38. The molecule has 1 aromatic rings. The first-order valence-electron chi connectivity index (χ1n) is 5.43. The van der Waals surface area contributed by atoms with E-state index in [4.69, 9.17) is 0 Å². The van der Waals surface area contributed by atoms with E-state index in [-0.39, 0.29) is 22.5 Å². The zero-order valence-corrected chi connectivity index (χ0v) is 11.8. The zero-order valence-electron chi connectivity index (χ0n) is 10.2. The molecule has 0 aromatic heterocycles. The predicted octanol–water partition coefficient (Wildman–Crippen LogP) is 1.80. The molecule has 0 aliphatic carbocycles. The van der Waals surface area contributed by atoms with E-state index >= 15 is 0 Å². The molecule has 0 unspecified atom stereocenters. The highest BCUT2D eigenvalue weighted by Crippen LogP contribution is 2.19. The molecule has 4 nitrogen and oxygen atoms in total. The molecule has 1 N–H and O–H groups in total. The van der Waals surface area contributed by atoms with Crippen molar-refractivity contribution in [3.8, 4) is 0 Å². The Balaban J connectivity index is 2.67. The summed E-state index contributed by atoms with van der Waals surface area (Å²) in [7, 11) is 1.65. The summed E-state index contributed by atoms with van der Waals surface area (Å²) in [6.45, 7) is 2.30. The number of hydrogen-bond donors (Lipinski definition) is 1. The van der Waals surface area contributed by atoms with Crippen molar-refractivity contribution >= 4 is 27.7 Å². The summed E-state index contributed by atoms with van der Waals surface area (Å²) in [5.41, 5.74) is 0.168. The summed E-state index contributed by atoms with van der Waals surface area (Å²) < 4.78 is 13.3. The summed E-state index contributed by atoms with van der Waals surface area (Å²) in [5, 5.41) is 2.46. The lowest BCUT2D eigenvalue weighted by molar-refractivity contribution is -0.128. The summed E-state index contributed by atoms with van der Waals surface area (Å²) in [4.78, 5) is 24.7. The molecule has 0 aliphatic rings. The molecule has 0 heterocycles. The molecule has 2 amide bonds. The molecule has 0 fully saturated rings. The fourth-order valence-electron chi connectivity index (χ4n) is 1.24. The Kier molecular flexibility index (Phi) is 5.27. The molecule has 18 heavy (non-hydrogen) atoms. The lowest BCUT2D eigenvalue weighted by Gasteiger charge is -2.14. The fraction of sp³-hybridized carbons (Fsp3) is 0.333. The molecule has 0 radical (unpaired) electrons. The van der Waals surface area contributed by atoms with Crippen LogP contribution in [0, 0.1) is 5.82 Å². The van der Waals surface area contributed by atoms with Gasteiger partial charge in [0, 0.05) is 13.6 Å². The van der Waals surface area contributed by atoms with Crippen LogP contribution in [0.25, 0.3) is 0 Å². The highest BCUT2D eigenvalue weighted by atomic mass is 79.9. The smallest absolute Gasteiger partial charge is 0.252 e. The van der Waals surface area contributed by atoms with Crippen molar-refractivity contribution in [1.82, 2.24) is 10.2 Å². The van der Waals surface area contributed by atoms with Gasteiger partial charge in [0.05, 0.1) is 16.6 Å².